The van der Waals surface area contributed by atoms with Gasteiger partial charge in [-0.15, -0.1) is 0 Å². The molecule has 0 unspecified atom stereocenters. The van der Waals surface area contributed by atoms with Gasteiger partial charge in [-0.2, -0.15) is 5.10 Å². The first-order valence-electron chi connectivity index (χ1n) is 7.18. The molecule has 0 atom stereocenters. The van der Waals surface area contributed by atoms with Gasteiger partial charge in [0.1, 0.15) is 11.6 Å². The highest BCUT2D eigenvalue weighted by Gasteiger charge is 2.01. The smallest absolute Gasteiger partial charge is 0.191 e. The zero-order valence-electron chi connectivity index (χ0n) is 13.0. The van der Waals surface area contributed by atoms with Crippen molar-refractivity contribution in [3.05, 3.63) is 59.9 Å². The number of anilines is 1. The van der Waals surface area contributed by atoms with Gasteiger partial charge in [-0.3, -0.25) is 5.43 Å². The number of benzene rings is 2. The van der Waals surface area contributed by atoms with Crippen molar-refractivity contribution >= 4 is 28.7 Å². The van der Waals surface area contributed by atoms with Crippen LogP contribution in [0.15, 0.2) is 53.6 Å². The van der Waals surface area contributed by atoms with Gasteiger partial charge < -0.3 is 10.1 Å². The van der Waals surface area contributed by atoms with Gasteiger partial charge in [0.2, 0.25) is 0 Å². The molecule has 0 aliphatic carbocycles. The van der Waals surface area contributed by atoms with Crippen molar-refractivity contribution in [2.45, 2.75) is 13.8 Å². The van der Waals surface area contributed by atoms with Crippen LogP contribution >= 0.6 is 12.2 Å². The van der Waals surface area contributed by atoms with Crippen LogP contribution in [0.3, 0.4) is 0 Å². The molecule has 0 aliphatic rings. The minimum atomic E-state index is -0.299. The van der Waals surface area contributed by atoms with Gasteiger partial charge in [-0.05, 0) is 62.5 Å². The van der Waals surface area contributed by atoms with E-state index in [0.717, 1.165) is 11.4 Å². The molecule has 0 aliphatic heterocycles. The number of nitrogens with one attached hydrogen (secondary N) is 2. The van der Waals surface area contributed by atoms with Crippen molar-refractivity contribution in [3.63, 3.8) is 0 Å². The van der Waals surface area contributed by atoms with Gasteiger partial charge in [-0.1, -0.05) is 12.1 Å². The zero-order valence-corrected chi connectivity index (χ0v) is 13.8. The lowest BCUT2D eigenvalue weighted by Crippen LogP contribution is -2.24. The fourth-order valence-corrected chi connectivity index (χ4v) is 2.04. The van der Waals surface area contributed by atoms with E-state index in [1.807, 2.05) is 31.2 Å². The minimum Gasteiger partial charge on any atom is -0.494 e. The quantitative estimate of drug-likeness (QED) is 0.495. The summed E-state index contributed by atoms with van der Waals surface area (Å²) in [5, 5.41) is 7.52. The van der Waals surface area contributed by atoms with E-state index in [0.29, 0.717) is 23.0 Å². The molecule has 0 bridgehead atoms. The van der Waals surface area contributed by atoms with E-state index in [2.05, 4.69) is 15.8 Å². The molecule has 0 saturated heterocycles. The number of ether oxygens (including phenoxy) is 1. The van der Waals surface area contributed by atoms with E-state index in [4.69, 9.17) is 17.0 Å². The molecular formula is C17H18FN3OS. The van der Waals surface area contributed by atoms with E-state index < -0.39 is 0 Å². The zero-order chi connectivity index (χ0) is 16.7. The second kappa shape index (κ2) is 8.24. The molecule has 0 radical (unpaired) electrons. The monoisotopic (exact) mass is 331 g/mol. The largest absolute Gasteiger partial charge is 0.494 e. The summed E-state index contributed by atoms with van der Waals surface area (Å²) in [5.41, 5.74) is 4.90. The number of hydrazone groups is 1. The highest BCUT2D eigenvalue weighted by Crippen LogP contribution is 2.15. The summed E-state index contributed by atoms with van der Waals surface area (Å²) in [6, 6.07) is 13.7. The van der Waals surface area contributed by atoms with Gasteiger partial charge in [-0.25, -0.2) is 4.39 Å². The Morgan fingerprint density at radius 3 is 2.61 bits per heavy atom. The second-order valence-electron chi connectivity index (χ2n) is 4.73. The maximum absolute atomic E-state index is 13.2. The van der Waals surface area contributed by atoms with Crippen LogP contribution in [-0.2, 0) is 0 Å². The van der Waals surface area contributed by atoms with Gasteiger partial charge >= 0.3 is 0 Å². The lowest BCUT2D eigenvalue weighted by molar-refractivity contribution is 0.340. The van der Waals surface area contributed by atoms with Crippen molar-refractivity contribution in [2.75, 3.05) is 11.9 Å². The van der Waals surface area contributed by atoms with Crippen molar-refractivity contribution < 1.29 is 9.13 Å². The average molecular weight is 331 g/mol. The van der Waals surface area contributed by atoms with Gasteiger partial charge in [0.25, 0.3) is 0 Å². The molecule has 6 heteroatoms. The molecule has 120 valence electrons. The second-order valence-corrected chi connectivity index (χ2v) is 5.14. The Hall–Kier alpha value is -2.47. The molecular weight excluding hydrogens is 313 g/mol. The normalized spacial score (nSPS) is 11.0. The Balaban J connectivity index is 1.92. The fourth-order valence-electron chi connectivity index (χ4n) is 1.87. The molecule has 0 spiro atoms. The third kappa shape index (κ3) is 5.34. The standard InChI is InChI=1S/C17H18FN3OS/c1-3-22-16-9-7-15(8-10-16)19-17(23)21-20-12(2)13-5-4-6-14(18)11-13/h4-11H,3H2,1-2H3,(H2,19,21,23)/b20-12+. The van der Waals surface area contributed by atoms with Crippen LogP contribution in [0.1, 0.15) is 19.4 Å². The van der Waals surface area contributed by atoms with Crippen LogP contribution in [0.5, 0.6) is 5.75 Å². The topological polar surface area (TPSA) is 45.6 Å². The van der Waals surface area contributed by atoms with E-state index in [1.54, 1.807) is 19.1 Å². The van der Waals surface area contributed by atoms with Crippen LogP contribution < -0.4 is 15.5 Å². The molecule has 4 nitrogen and oxygen atoms in total. The predicted octanol–water partition coefficient (Wildman–Crippen LogP) is 3.94. The maximum Gasteiger partial charge on any atom is 0.191 e. The van der Waals surface area contributed by atoms with E-state index in [9.17, 15) is 4.39 Å². The Bertz CT molecular complexity index is 701. The van der Waals surface area contributed by atoms with Crippen LogP contribution in [0.4, 0.5) is 10.1 Å². The molecule has 2 N–H and O–H groups in total. The Morgan fingerprint density at radius 1 is 1.22 bits per heavy atom. The predicted molar refractivity (Wildman–Crippen MR) is 95.6 cm³/mol. The van der Waals surface area contributed by atoms with Crippen molar-refractivity contribution in [1.29, 1.82) is 0 Å². The Morgan fingerprint density at radius 2 is 1.96 bits per heavy atom. The number of hydrogen-bond acceptors (Lipinski definition) is 3. The number of rotatable bonds is 5. The lowest BCUT2D eigenvalue weighted by atomic mass is 10.1. The summed E-state index contributed by atoms with van der Waals surface area (Å²) in [5.74, 6) is 0.504. The summed E-state index contributed by atoms with van der Waals surface area (Å²) in [6.07, 6.45) is 0. The highest BCUT2D eigenvalue weighted by atomic mass is 32.1. The third-order valence-electron chi connectivity index (χ3n) is 2.99. The molecule has 0 saturated carbocycles. The highest BCUT2D eigenvalue weighted by molar-refractivity contribution is 7.80. The van der Waals surface area contributed by atoms with Gasteiger partial charge in [0.05, 0.1) is 12.3 Å². The summed E-state index contributed by atoms with van der Waals surface area (Å²) in [7, 11) is 0. The Labute approximate surface area is 140 Å². The molecule has 2 aromatic carbocycles. The maximum atomic E-state index is 13.2. The van der Waals surface area contributed by atoms with E-state index >= 15 is 0 Å². The minimum absolute atomic E-state index is 0.299. The molecule has 0 heterocycles. The van der Waals surface area contributed by atoms with Crippen LogP contribution in [0, 0.1) is 5.82 Å². The summed E-state index contributed by atoms with van der Waals surface area (Å²) in [6.45, 7) is 4.34. The lowest BCUT2D eigenvalue weighted by Gasteiger charge is -2.09. The van der Waals surface area contributed by atoms with Crippen molar-refractivity contribution in [2.24, 2.45) is 5.10 Å². The SMILES string of the molecule is CCOc1ccc(NC(=S)N/N=C(\C)c2cccc(F)c2)cc1. The van der Waals surface area contributed by atoms with E-state index in [1.165, 1.54) is 12.1 Å². The third-order valence-corrected chi connectivity index (χ3v) is 3.18. The van der Waals surface area contributed by atoms with Crippen molar-refractivity contribution in [3.8, 4) is 5.75 Å². The Kier molecular flexibility index (Phi) is 6.05. The number of halogens is 1. The first-order valence-corrected chi connectivity index (χ1v) is 7.59. The molecule has 0 fully saturated rings. The molecule has 23 heavy (non-hydrogen) atoms. The van der Waals surface area contributed by atoms with Crippen molar-refractivity contribution in [1.82, 2.24) is 5.43 Å². The molecule has 0 amide bonds. The van der Waals surface area contributed by atoms with Gasteiger partial charge in [0, 0.05) is 11.3 Å². The molecule has 2 rings (SSSR count). The number of thiocarbonyl (C=S) groups is 1. The summed E-state index contributed by atoms with van der Waals surface area (Å²) < 4.78 is 18.6. The van der Waals surface area contributed by atoms with Crippen LogP contribution in [-0.4, -0.2) is 17.4 Å². The number of nitrogens with zero attached hydrogens (tertiary/aromatic N) is 1. The van der Waals surface area contributed by atoms with Gasteiger partial charge in [0.15, 0.2) is 5.11 Å². The number of hydrogen-bond donors (Lipinski definition) is 2. The fraction of sp³-hybridized carbons (Fsp3) is 0.176. The van der Waals surface area contributed by atoms with Crippen LogP contribution in [0.25, 0.3) is 0 Å². The van der Waals surface area contributed by atoms with E-state index in [-0.39, 0.29) is 5.82 Å². The molecule has 0 aromatic heterocycles. The summed E-state index contributed by atoms with van der Waals surface area (Å²) >= 11 is 5.18. The first kappa shape index (κ1) is 16.9. The summed E-state index contributed by atoms with van der Waals surface area (Å²) in [4.78, 5) is 0. The average Bonchev–Trinajstić information content (AvgIpc) is 2.55. The molecule has 2 aromatic rings. The first-order chi connectivity index (χ1) is 11.1. The van der Waals surface area contributed by atoms with Crippen LogP contribution in [0.2, 0.25) is 0 Å².